The molecule has 0 radical (unpaired) electrons. The second kappa shape index (κ2) is 8.00. The van der Waals surface area contributed by atoms with E-state index in [9.17, 15) is 4.79 Å². The molecule has 0 saturated heterocycles. The first-order chi connectivity index (χ1) is 5.81. The first kappa shape index (κ1) is 10.9. The molecule has 4 N–H and O–H groups in total. The number of hydrogen-bond donors (Lipinski definition) is 3. The van der Waals surface area contributed by atoms with E-state index in [0.29, 0.717) is 13.1 Å². The van der Waals surface area contributed by atoms with Gasteiger partial charge in [-0.05, 0) is 19.4 Å². The van der Waals surface area contributed by atoms with Gasteiger partial charge in [-0.1, -0.05) is 11.6 Å². The lowest BCUT2D eigenvalue weighted by atomic mass is 10.2. The molecule has 5 nitrogen and oxygen atoms in total. The SMILES string of the molecule is NCCCCCNC(=O)/C=N\O. The number of amides is 1. The minimum Gasteiger partial charge on any atom is -0.411 e. The Morgan fingerprint density at radius 1 is 1.50 bits per heavy atom. The van der Waals surface area contributed by atoms with Crippen molar-refractivity contribution in [1.82, 2.24) is 5.32 Å². The minimum absolute atomic E-state index is 0.370. The Bertz CT molecular complexity index is 148. The standard InChI is InChI=1S/C7H15N3O2/c8-4-2-1-3-5-9-7(11)6-10-12/h6,12H,1-5,8H2,(H,9,11)/b10-6-. The summed E-state index contributed by atoms with van der Waals surface area (Å²) >= 11 is 0. The van der Waals surface area contributed by atoms with Gasteiger partial charge in [0.2, 0.25) is 0 Å². The number of nitrogens with one attached hydrogen (secondary N) is 1. The molecule has 0 saturated carbocycles. The van der Waals surface area contributed by atoms with Crippen molar-refractivity contribution in [3.63, 3.8) is 0 Å². The Morgan fingerprint density at radius 3 is 2.83 bits per heavy atom. The summed E-state index contributed by atoms with van der Waals surface area (Å²) in [5.41, 5.74) is 5.28. The number of nitrogens with zero attached hydrogens (tertiary/aromatic N) is 1. The zero-order valence-electron chi connectivity index (χ0n) is 6.99. The summed E-state index contributed by atoms with van der Waals surface area (Å²) in [6.07, 6.45) is 3.72. The predicted molar refractivity (Wildman–Crippen MR) is 46.2 cm³/mol. The maximum atomic E-state index is 10.6. The van der Waals surface area contributed by atoms with Gasteiger partial charge < -0.3 is 16.3 Å². The van der Waals surface area contributed by atoms with Gasteiger partial charge in [-0.25, -0.2) is 0 Å². The summed E-state index contributed by atoms with van der Waals surface area (Å²) in [4.78, 5) is 10.6. The van der Waals surface area contributed by atoms with Crippen LogP contribution in [0, 0.1) is 0 Å². The summed E-state index contributed by atoms with van der Waals surface area (Å²) in [6.45, 7) is 1.29. The second-order valence-electron chi connectivity index (χ2n) is 2.38. The van der Waals surface area contributed by atoms with Gasteiger partial charge in [0.25, 0.3) is 5.91 Å². The van der Waals surface area contributed by atoms with E-state index in [1.807, 2.05) is 0 Å². The summed E-state index contributed by atoms with van der Waals surface area (Å²) in [7, 11) is 0. The molecule has 5 heteroatoms. The van der Waals surface area contributed by atoms with Crippen LogP contribution in [-0.2, 0) is 4.79 Å². The molecule has 1 amide bonds. The molecule has 0 aromatic rings. The highest BCUT2D eigenvalue weighted by molar-refractivity contribution is 6.25. The van der Waals surface area contributed by atoms with Gasteiger partial charge in [-0.2, -0.15) is 0 Å². The zero-order chi connectivity index (χ0) is 9.23. The normalized spacial score (nSPS) is 10.4. The van der Waals surface area contributed by atoms with Crippen molar-refractivity contribution in [2.75, 3.05) is 13.1 Å². The molecule has 12 heavy (non-hydrogen) atoms. The molecule has 0 heterocycles. The average molecular weight is 173 g/mol. The van der Waals surface area contributed by atoms with E-state index in [0.717, 1.165) is 25.5 Å². The molecule has 0 unspecified atom stereocenters. The van der Waals surface area contributed by atoms with Crippen molar-refractivity contribution in [1.29, 1.82) is 0 Å². The van der Waals surface area contributed by atoms with E-state index < -0.39 is 0 Å². The lowest BCUT2D eigenvalue weighted by Crippen LogP contribution is -2.25. The predicted octanol–water partition coefficient (Wildman–Crippen LogP) is -0.308. The smallest absolute Gasteiger partial charge is 0.265 e. The lowest BCUT2D eigenvalue weighted by Gasteiger charge is -1.99. The van der Waals surface area contributed by atoms with Gasteiger partial charge >= 0.3 is 0 Å². The van der Waals surface area contributed by atoms with E-state index in [4.69, 9.17) is 10.9 Å². The fourth-order valence-corrected chi connectivity index (χ4v) is 0.756. The van der Waals surface area contributed by atoms with Crippen molar-refractivity contribution in [2.24, 2.45) is 10.9 Å². The molecule has 0 aliphatic heterocycles. The highest BCUT2D eigenvalue weighted by atomic mass is 16.4. The Labute approximate surface area is 71.6 Å². The van der Waals surface area contributed by atoms with E-state index in [-0.39, 0.29) is 5.91 Å². The molecular formula is C7H15N3O2. The van der Waals surface area contributed by atoms with Crippen molar-refractivity contribution >= 4 is 12.1 Å². The van der Waals surface area contributed by atoms with Crippen LogP contribution in [0.1, 0.15) is 19.3 Å². The molecule has 0 atom stereocenters. The van der Waals surface area contributed by atoms with E-state index in [1.165, 1.54) is 0 Å². The van der Waals surface area contributed by atoms with Crippen LogP contribution in [0.2, 0.25) is 0 Å². The molecular weight excluding hydrogens is 158 g/mol. The second-order valence-corrected chi connectivity index (χ2v) is 2.38. The summed E-state index contributed by atoms with van der Waals surface area (Å²) in [5, 5.41) is 13.1. The molecule has 0 rings (SSSR count). The van der Waals surface area contributed by atoms with Crippen LogP contribution in [0.5, 0.6) is 0 Å². The van der Waals surface area contributed by atoms with Gasteiger partial charge in [0.05, 0.1) is 0 Å². The Morgan fingerprint density at radius 2 is 2.25 bits per heavy atom. The van der Waals surface area contributed by atoms with Crippen LogP contribution >= 0.6 is 0 Å². The quantitative estimate of drug-likeness (QED) is 0.223. The third kappa shape index (κ3) is 7.01. The molecule has 0 aliphatic carbocycles. The number of carbonyl (C=O) groups excluding carboxylic acids is 1. The molecule has 0 aliphatic rings. The maximum absolute atomic E-state index is 10.6. The molecule has 70 valence electrons. The number of oxime groups is 1. The third-order valence-electron chi connectivity index (χ3n) is 1.36. The van der Waals surface area contributed by atoms with Gasteiger partial charge in [-0.3, -0.25) is 4.79 Å². The average Bonchev–Trinajstić information content (AvgIpc) is 2.05. The molecule has 0 aromatic heterocycles. The zero-order valence-corrected chi connectivity index (χ0v) is 6.99. The largest absolute Gasteiger partial charge is 0.411 e. The van der Waals surface area contributed by atoms with Crippen molar-refractivity contribution in [3.05, 3.63) is 0 Å². The summed E-state index contributed by atoms with van der Waals surface area (Å²) in [6, 6.07) is 0. The number of rotatable bonds is 6. The van der Waals surface area contributed by atoms with Gasteiger partial charge in [0.1, 0.15) is 6.21 Å². The van der Waals surface area contributed by atoms with Gasteiger partial charge in [0.15, 0.2) is 0 Å². The van der Waals surface area contributed by atoms with Crippen molar-refractivity contribution in [3.8, 4) is 0 Å². The first-order valence-electron chi connectivity index (χ1n) is 3.96. The number of unbranched alkanes of at least 4 members (excludes halogenated alkanes) is 2. The van der Waals surface area contributed by atoms with Gasteiger partial charge in [-0.15, -0.1) is 0 Å². The fourth-order valence-electron chi connectivity index (χ4n) is 0.756. The van der Waals surface area contributed by atoms with Crippen LogP contribution in [-0.4, -0.2) is 30.4 Å². The van der Waals surface area contributed by atoms with Gasteiger partial charge in [0, 0.05) is 6.54 Å². The van der Waals surface area contributed by atoms with E-state index in [1.54, 1.807) is 0 Å². The summed E-state index contributed by atoms with van der Waals surface area (Å²) in [5.74, 6) is -0.370. The summed E-state index contributed by atoms with van der Waals surface area (Å²) < 4.78 is 0. The van der Waals surface area contributed by atoms with Crippen molar-refractivity contribution < 1.29 is 10.0 Å². The molecule has 0 aromatic carbocycles. The van der Waals surface area contributed by atoms with E-state index >= 15 is 0 Å². The van der Waals surface area contributed by atoms with Crippen LogP contribution in [0.15, 0.2) is 5.16 Å². The third-order valence-corrected chi connectivity index (χ3v) is 1.36. The lowest BCUT2D eigenvalue weighted by molar-refractivity contribution is -0.114. The highest BCUT2D eigenvalue weighted by Crippen LogP contribution is 1.90. The Kier molecular flexibility index (Phi) is 7.27. The fraction of sp³-hybridized carbons (Fsp3) is 0.714. The van der Waals surface area contributed by atoms with Crippen LogP contribution in [0.25, 0.3) is 0 Å². The molecule has 0 fully saturated rings. The highest BCUT2D eigenvalue weighted by Gasteiger charge is 1.94. The Hall–Kier alpha value is -1.10. The topological polar surface area (TPSA) is 87.7 Å². The van der Waals surface area contributed by atoms with Crippen molar-refractivity contribution in [2.45, 2.75) is 19.3 Å². The van der Waals surface area contributed by atoms with Crippen LogP contribution in [0.3, 0.4) is 0 Å². The number of carbonyl (C=O) groups is 1. The monoisotopic (exact) mass is 173 g/mol. The first-order valence-corrected chi connectivity index (χ1v) is 3.96. The maximum Gasteiger partial charge on any atom is 0.265 e. The van der Waals surface area contributed by atoms with E-state index in [2.05, 4.69) is 10.5 Å². The Balaban J connectivity index is 3.14. The van der Waals surface area contributed by atoms with Crippen LogP contribution < -0.4 is 11.1 Å². The minimum atomic E-state index is -0.370. The molecule has 0 bridgehead atoms. The number of nitrogens with two attached hydrogens (primary N) is 1. The number of hydrogen-bond acceptors (Lipinski definition) is 4. The van der Waals surface area contributed by atoms with Crippen LogP contribution in [0.4, 0.5) is 0 Å². The molecule has 0 spiro atoms.